The van der Waals surface area contributed by atoms with E-state index in [0.717, 1.165) is 38.2 Å². The molecule has 1 aromatic rings. The van der Waals surface area contributed by atoms with Gasteiger partial charge in [0.2, 0.25) is 5.91 Å². The summed E-state index contributed by atoms with van der Waals surface area (Å²) in [5, 5.41) is 16.7. The fourth-order valence-electron chi connectivity index (χ4n) is 4.41. The van der Waals surface area contributed by atoms with Gasteiger partial charge in [0.1, 0.15) is 0 Å². The third-order valence-corrected chi connectivity index (χ3v) is 5.90. The van der Waals surface area contributed by atoms with Gasteiger partial charge in [-0.05, 0) is 48.4 Å². The molecule has 1 atom stereocenters. The van der Waals surface area contributed by atoms with Crippen molar-refractivity contribution in [3.05, 3.63) is 5.82 Å². The predicted octanol–water partition coefficient (Wildman–Crippen LogP) is 2.48. The number of carbonyl (C=O) groups is 1. The van der Waals surface area contributed by atoms with Gasteiger partial charge in [-0.25, -0.2) is 4.68 Å². The molecular weight excluding hydrogens is 328 g/mol. The summed E-state index contributed by atoms with van der Waals surface area (Å²) < 4.78 is 1.97. The third kappa shape index (κ3) is 4.42. The highest BCUT2D eigenvalue weighted by atomic mass is 16.2. The van der Waals surface area contributed by atoms with Crippen molar-refractivity contribution >= 4 is 5.91 Å². The molecule has 1 amide bonds. The molecule has 1 aliphatic heterocycles. The van der Waals surface area contributed by atoms with Gasteiger partial charge in [0.15, 0.2) is 5.82 Å². The first-order valence-electron chi connectivity index (χ1n) is 10.3. The maximum atomic E-state index is 12.1. The summed E-state index contributed by atoms with van der Waals surface area (Å²) in [5.74, 6) is 1.66. The highest BCUT2D eigenvalue weighted by molar-refractivity contribution is 5.73. The quantitative estimate of drug-likeness (QED) is 0.841. The predicted molar refractivity (Wildman–Crippen MR) is 100 cm³/mol. The van der Waals surface area contributed by atoms with Crippen molar-refractivity contribution in [3.8, 4) is 0 Å². The minimum absolute atomic E-state index is 0.140. The van der Waals surface area contributed by atoms with Gasteiger partial charge < -0.3 is 10.2 Å². The number of aromatic nitrogens is 4. The Kier molecular flexibility index (Phi) is 6.27. The molecule has 1 saturated heterocycles. The molecule has 0 aromatic carbocycles. The Labute approximate surface area is 156 Å². The molecule has 146 valence electrons. The van der Waals surface area contributed by atoms with Crippen LogP contribution in [0.5, 0.6) is 0 Å². The first kappa shape index (κ1) is 19.3. The fourth-order valence-corrected chi connectivity index (χ4v) is 4.41. The minimum Gasteiger partial charge on any atom is -0.341 e. The maximum absolute atomic E-state index is 12.1. The van der Waals surface area contributed by atoms with E-state index in [2.05, 4.69) is 34.7 Å². The first-order valence-corrected chi connectivity index (χ1v) is 10.3. The second kappa shape index (κ2) is 8.46. The Morgan fingerprint density at radius 1 is 1.27 bits per heavy atom. The van der Waals surface area contributed by atoms with Crippen LogP contribution in [0.1, 0.15) is 78.0 Å². The summed E-state index contributed by atoms with van der Waals surface area (Å²) in [6, 6.07) is 0.492. The largest absolute Gasteiger partial charge is 0.341 e. The number of tetrazole rings is 1. The van der Waals surface area contributed by atoms with Crippen molar-refractivity contribution in [1.82, 2.24) is 30.4 Å². The fraction of sp³-hybridized carbons (Fsp3) is 0.895. The van der Waals surface area contributed by atoms with E-state index in [4.69, 9.17) is 0 Å². The Morgan fingerprint density at radius 2 is 2.04 bits per heavy atom. The van der Waals surface area contributed by atoms with E-state index in [1.807, 2.05) is 9.58 Å². The number of hydrogen-bond donors (Lipinski definition) is 1. The molecule has 7 heteroatoms. The molecule has 1 N–H and O–H groups in total. The van der Waals surface area contributed by atoms with Gasteiger partial charge in [-0.3, -0.25) is 4.79 Å². The third-order valence-electron chi connectivity index (χ3n) is 5.90. The van der Waals surface area contributed by atoms with Gasteiger partial charge in [-0.15, -0.1) is 5.10 Å². The van der Waals surface area contributed by atoms with Crippen molar-refractivity contribution < 1.29 is 4.79 Å². The molecule has 1 aromatic heterocycles. The number of piperidine rings is 1. The summed E-state index contributed by atoms with van der Waals surface area (Å²) >= 11 is 0. The van der Waals surface area contributed by atoms with Crippen LogP contribution in [0.4, 0.5) is 0 Å². The summed E-state index contributed by atoms with van der Waals surface area (Å²) in [7, 11) is 0. The summed E-state index contributed by atoms with van der Waals surface area (Å²) in [4.78, 5) is 14.0. The molecule has 7 nitrogen and oxygen atoms in total. The van der Waals surface area contributed by atoms with Crippen LogP contribution in [0.15, 0.2) is 0 Å². The van der Waals surface area contributed by atoms with Crippen LogP contribution in [0.2, 0.25) is 0 Å². The Bertz CT molecular complexity index is 595. The molecule has 26 heavy (non-hydrogen) atoms. The topological polar surface area (TPSA) is 75.9 Å². The van der Waals surface area contributed by atoms with Gasteiger partial charge in [-0.1, -0.05) is 33.1 Å². The Morgan fingerprint density at radius 3 is 2.73 bits per heavy atom. The molecule has 1 saturated carbocycles. The lowest BCUT2D eigenvalue weighted by molar-refractivity contribution is -0.131. The van der Waals surface area contributed by atoms with Crippen LogP contribution in [-0.2, 0) is 16.9 Å². The molecule has 0 spiro atoms. The van der Waals surface area contributed by atoms with E-state index in [-0.39, 0.29) is 11.4 Å². The van der Waals surface area contributed by atoms with E-state index in [1.54, 1.807) is 6.92 Å². The van der Waals surface area contributed by atoms with Crippen molar-refractivity contribution in [3.63, 3.8) is 0 Å². The highest BCUT2D eigenvalue weighted by Gasteiger charge is 2.43. The molecule has 0 radical (unpaired) electrons. The first-order chi connectivity index (χ1) is 12.5. The van der Waals surface area contributed by atoms with Crippen molar-refractivity contribution in [2.45, 2.75) is 90.3 Å². The SMILES string of the molecule is CC(=O)N1CCCC(NC2CCCCC2)(c2nnnn2CCC(C)C)C1. The van der Waals surface area contributed by atoms with Crippen LogP contribution in [0.3, 0.4) is 0 Å². The standard InChI is InChI=1S/C19H34N6O/c1-15(2)10-13-25-18(21-22-23-25)19(20-17-8-5-4-6-9-17)11-7-12-24(14-19)16(3)26/h15,17,20H,4-14H2,1-3H3. The average Bonchev–Trinajstić information content (AvgIpc) is 3.10. The summed E-state index contributed by atoms with van der Waals surface area (Å²) in [6.07, 6.45) is 9.31. The number of carbonyl (C=O) groups excluding carboxylic acids is 1. The van der Waals surface area contributed by atoms with Gasteiger partial charge >= 0.3 is 0 Å². The van der Waals surface area contributed by atoms with Crippen LogP contribution < -0.4 is 5.32 Å². The highest BCUT2D eigenvalue weighted by Crippen LogP contribution is 2.33. The van der Waals surface area contributed by atoms with Gasteiger partial charge in [0.05, 0.1) is 5.54 Å². The number of nitrogens with one attached hydrogen (secondary N) is 1. The number of amides is 1. The van der Waals surface area contributed by atoms with Gasteiger partial charge in [-0.2, -0.15) is 0 Å². The zero-order valence-corrected chi connectivity index (χ0v) is 16.6. The number of likely N-dealkylation sites (tertiary alicyclic amines) is 1. The molecular formula is C19H34N6O. The zero-order valence-electron chi connectivity index (χ0n) is 16.6. The van der Waals surface area contributed by atoms with E-state index in [1.165, 1.54) is 32.1 Å². The minimum atomic E-state index is -0.327. The Hall–Kier alpha value is -1.50. The van der Waals surface area contributed by atoms with Crippen molar-refractivity contribution in [2.75, 3.05) is 13.1 Å². The van der Waals surface area contributed by atoms with Crippen LogP contribution in [0, 0.1) is 5.92 Å². The van der Waals surface area contributed by atoms with Crippen LogP contribution in [0.25, 0.3) is 0 Å². The molecule has 3 rings (SSSR count). The lowest BCUT2D eigenvalue weighted by Gasteiger charge is -2.44. The van der Waals surface area contributed by atoms with E-state index in [0.29, 0.717) is 18.5 Å². The van der Waals surface area contributed by atoms with E-state index >= 15 is 0 Å². The number of rotatable bonds is 6. The lowest BCUT2D eigenvalue weighted by atomic mass is 9.84. The molecule has 2 heterocycles. The number of nitrogens with zero attached hydrogens (tertiary/aromatic N) is 5. The van der Waals surface area contributed by atoms with Crippen LogP contribution >= 0.6 is 0 Å². The molecule has 1 aliphatic carbocycles. The van der Waals surface area contributed by atoms with Gasteiger partial charge in [0.25, 0.3) is 0 Å². The normalized spacial score (nSPS) is 25.0. The van der Waals surface area contributed by atoms with Crippen molar-refractivity contribution in [1.29, 1.82) is 0 Å². The number of aryl methyl sites for hydroxylation is 1. The lowest BCUT2D eigenvalue weighted by Crippen LogP contribution is -2.59. The van der Waals surface area contributed by atoms with E-state index in [9.17, 15) is 4.79 Å². The van der Waals surface area contributed by atoms with Crippen molar-refractivity contribution in [2.24, 2.45) is 5.92 Å². The second-order valence-corrected chi connectivity index (χ2v) is 8.51. The molecule has 0 bridgehead atoms. The van der Waals surface area contributed by atoms with Gasteiger partial charge in [0, 0.05) is 32.6 Å². The number of hydrogen-bond acceptors (Lipinski definition) is 5. The maximum Gasteiger partial charge on any atom is 0.219 e. The van der Waals surface area contributed by atoms with Crippen LogP contribution in [-0.4, -0.2) is 50.1 Å². The smallest absolute Gasteiger partial charge is 0.219 e. The molecule has 2 aliphatic rings. The van der Waals surface area contributed by atoms with E-state index < -0.39 is 0 Å². The summed E-state index contributed by atoms with van der Waals surface area (Å²) in [6.45, 7) is 8.43. The molecule has 1 unspecified atom stereocenters. The second-order valence-electron chi connectivity index (χ2n) is 8.51. The molecule has 2 fully saturated rings. The Balaban J connectivity index is 1.87. The monoisotopic (exact) mass is 362 g/mol. The average molecular weight is 363 g/mol. The summed E-state index contributed by atoms with van der Waals surface area (Å²) in [5.41, 5.74) is -0.327. The zero-order chi connectivity index (χ0) is 18.6.